The maximum atomic E-state index is 10.7. The van der Waals surface area contributed by atoms with E-state index in [0.29, 0.717) is 11.3 Å². The van der Waals surface area contributed by atoms with Crippen molar-refractivity contribution >= 4 is 5.97 Å². The van der Waals surface area contributed by atoms with E-state index in [1.165, 1.54) is 7.11 Å². The van der Waals surface area contributed by atoms with E-state index in [4.69, 9.17) is 14.9 Å². The highest BCUT2D eigenvalue weighted by Gasteiger charge is 2.18. The van der Waals surface area contributed by atoms with E-state index < -0.39 is 18.5 Å². The highest BCUT2D eigenvalue weighted by molar-refractivity contribution is 5.76. The second kappa shape index (κ2) is 4.62. The van der Waals surface area contributed by atoms with Crippen molar-refractivity contribution < 1.29 is 19.7 Å². The van der Waals surface area contributed by atoms with Gasteiger partial charge in [-0.3, -0.25) is 4.79 Å². The molecule has 0 amide bonds. The van der Waals surface area contributed by atoms with Crippen LogP contribution in [0.2, 0.25) is 0 Å². The van der Waals surface area contributed by atoms with Crippen LogP contribution in [0.15, 0.2) is 24.3 Å². The highest BCUT2D eigenvalue weighted by atomic mass is 16.5. The van der Waals surface area contributed by atoms with Gasteiger partial charge in [-0.05, 0) is 17.7 Å². The van der Waals surface area contributed by atoms with Gasteiger partial charge in [-0.2, -0.15) is 0 Å². The lowest BCUT2D eigenvalue weighted by Gasteiger charge is -2.09. The molecule has 1 aromatic carbocycles. The van der Waals surface area contributed by atoms with E-state index in [1.807, 2.05) is 0 Å². The maximum Gasteiger partial charge on any atom is 0.313 e. The number of aliphatic hydroxyl groups is 1. The number of carbonyl (C=O) groups is 1. The lowest BCUT2D eigenvalue weighted by atomic mass is 10.0. The summed E-state index contributed by atoms with van der Waals surface area (Å²) in [6.07, 6.45) is 0. The molecule has 1 atom stereocenters. The number of ether oxygens (including phenoxy) is 1. The van der Waals surface area contributed by atoms with E-state index in [-0.39, 0.29) is 0 Å². The van der Waals surface area contributed by atoms with Crippen LogP contribution in [0, 0.1) is 0 Å². The van der Waals surface area contributed by atoms with E-state index in [1.54, 1.807) is 24.3 Å². The fourth-order valence-corrected chi connectivity index (χ4v) is 1.16. The van der Waals surface area contributed by atoms with Gasteiger partial charge in [0.05, 0.1) is 13.7 Å². The molecule has 2 N–H and O–H groups in total. The molecule has 0 aliphatic heterocycles. The quantitative estimate of drug-likeness (QED) is 0.749. The summed E-state index contributed by atoms with van der Waals surface area (Å²) in [5.41, 5.74) is 0.570. The molecular weight excluding hydrogens is 184 g/mol. The molecule has 0 aromatic heterocycles. The predicted octanol–water partition coefficient (Wildman–Crippen LogP) is 0.856. The minimum atomic E-state index is -1.03. The summed E-state index contributed by atoms with van der Waals surface area (Å²) >= 11 is 0. The predicted molar refractivity (Wildman–Crippen MR) is 50.5 cm³/mol. The average Bonchev–Trinajstić information content (AvgIpc) is 2.19. The van der Waals surface area contributed by atoms with E-state index in [2.05, 4.69) is 0 Å². The van der Waals surface area contributed by atoms with Crippen molar-refractivity contribution in [1.29, 1.82) is 0 Å². The van der Waals surface area contributed by atoms with Crippen LogP contribution in [-0.2, 0) is 4.79 Å². The van der Waals surface area contributed by atoms with Crippen LogP contribution in [0.3, 0.4) is 0 Å². The topological polar surface area (TPSA) is 66.8 Å². The van der Waals surface area contributed by atoms with Crippen LogP contribution >= 0.6 is 0 Å². The van der Waals surface area contributed by atoms with E-state index in [9.17, 15) is 4.79 Å². The van der Waals surface area contributed by atoms with Crippen molar-refractivity contribution in [1.82, 2.24) is 0 Å². The zero-order valence-corrected chi connectivity index (χ0v) is 7.80. The molecule has 76 valence electrons. The van der Waals surface area contributed by atoms with Gasteiger partial charge in [0, 0.05) is 0 Å². The second-order valence-electron chi connectivity index (χ2n) is 2.85. The summed E-state index contributed by atoms with van der Waals surface area (Å²) in [4.78, 5) is 10.7. The van der Waals surface area contributed by atoms with Gasteiger partial charge >= 0.3 is 5.97 Å². The number of aliphatic hydroxyl groups excluding tert-OH is 1. The fourth-order valence-electron chi connectivity index (χ4n) is 1.16. The van der Waals surface area contributed by atoms with Crippen LogP contribution in [-0.4, -0.2) is 29.9 Å². The first-order valence-corrected chi connectivity index (χ1v) is 4.16. The Hall–Kier alpha value is -1.55. The van der Waals surface area contributed by atoms with Crippen molar-refractivity contribution in [3.63, 3.8) is 0 Å². The fraction of sp³-hybridized carbons (Fsp3) is 0.300. The molecular formula is C10H12O4. The van der Waals surface area contributed by atoms with Gasteiger partial charge in [-0.1, -0.05) is 12.1 Å². The van der Waals surface area contributed by atoms with Gasteiger partial charge in [-0.25, -0.2) is 0 Å². The van der Waals surface area contributed by atoms with Crippen LogP contribution in [0.1, 0.15) is 11.5 Å². The van der Waals surface area contributed by atoms with Crippen LogP contribution < -0.4 is 4.74 Å². The Kier molecular flexibility index (Phi) is 3.48. The Bertz CT molecular complexity index is 304. The van der Waals surface area contributed by atoms with Crippen LogP contribution in [0.4, 0.5) is 0 Å². The summed E-state index contributed by atoms with van der Waals surface area (Å²) in [7, 11) is 1.54. The van der Waals surface area contributed by atoms with Crippen LogP contribution in [0.25, 0.3) is 0 Å². The van der Waals surface area contributed by atoms with Gasteiger partial charge in [-0.15, -0.1) is 0 Å². The minimum absolute atomic E-state index is 0.401. The lowest BCUT2D eigenvalue weighted by Crippen LogP contribution is -2.15. The first-order chi connectivity index (χ1) is 6.69. The molecule has 0 bridgehead atoms. The van der Waals surface area contributed by atoms with Crippen molar-refractivity contribution in [2.45, 2.75) is 5.92 Å². The third-order valence-electron chi connectivity index (χ3n) is 2.00. The zero-order valence-electron chi connectivity index (χ0n) is 7.80. The molecule has 0 aliphatic rings. The first kappa shape index (κ1) is 10.5. The molecule has 0 saturated heterocycles. The number of carboxylic acid groups (broad SMARTS) is 1. The standard InChI is InChI=1S/C10H12O4/c1-14-8-4-2-7(3-5-8)9(6-11)10(12)13/h2-5,9,11H,6H2,1H3,(H,12,13)/t9-/m0/s1. The Morgan fingerprint density at radius 2 is 2.00 bits per heavy atom. The van der Waals surface area contributed by atoms with Gasteiger partial charge < -0.3 is 14.9 Å². The number of rotatable bonds is 4. The van der Waals surface area contributed by atoms with Gasteiger partial charge in [0.2, 0.25) is 0 Å². The number of hydrogen-bond donors (Lipinski definition) is 2. The number of carboxylic acids is 1. The van der Waals surface area contributed by atoms with E-state index >= 15 is 0 Å². The van der Waals surface area contributed by atoms with Crippen molar-refractivity contribution in [3.8, 4) is 5.75 Å². The lowest BCUT2D eigenvalue weighted by molar-refractivity contribution is -0.139. The first-order valence-electron chi connectivity index (χ1n) is 4.16. The zero-order chi connectivity index (χ0) is 10.6. The Balaban J connectivity index is 2.89. The summed E-state index contributed by atoms with van der Waals surface area (Å²) < 4.78 is 4.93. The molecule has 1 rings (SSSR count). The molecule has 0 unspecified atom stereocenters. The number of hydrogen-bond acceptors (Lipinski definition) is 3. The van der Waals surface area contributed by atoms with Crippen molar-refractivity contribution in [3.05, 3.63) is 29.8 Å². The molecule has 0 spiro atoms. The molecule has 14 heavy (non-hydrogen) atoms. The Morgan fingerprint density at radius 1 is 1.43 bits per heavy atom. The third kappa shape index (κ3) is 2.23. The minimum Gasteiger partial charge on any atom is -0.497 e. The van der Waals surface area contributed by atoms with Gasteiger partial charge in [0.1, 0.15) is 11.7 Å². The van der Waals surface area contributed by atoms with Crippen molar-refractivity contribution in [2.75, 3.05) is 13.7 Å². The third-order valence-corrected chi connectivity index (χ3v) is 2.00. The Morgan fingerprint density at radius 3 is 2.36 bits per heavy atom. The van der Waals surface area contributed by atoms with Gasteiger partial charge in [0.15, 0.2) is 0 Å². The molecule has 1 aromatic rings. The Labute approximate surface area is 81.8 Å². The van der Waals surface area contributed by atoms with Gasteiger partial charge in [0.25, 0.3) is 0 Å². The van der Waals surface area contributed by atoms with Crippen LogP contribution in [0.5, 0.6) is 5.75 Å². The summed E-state index contributed by atoms with van der Waals surface area (Å²) in [5, 5.41) is 17.6. The monoisotopic (exact) mass is 196 g/mol. The molecule has 4 nitrogen and oxygen atoms in total. The number of benzene rings is 1. The molecule has 0 radical (unpaired) electrons. The molecule has 0 saturated carbocycles. The maximum absolute atomic E-state index is 10.7. The second-order valence-corrected chi connectivity index (χ2v) is 2.85. The van der Waals surface area contributed by atoms with Crippen molar-refractivity contribution in [2.24, 2.45) is 0 Å². The largest absolute Gasteiger partial charge is 0.497 e. The number of aliphatic carboxylic acids is 1. The smallest absolute Gasteiger partial charge is 0.313 e. The van der Waals surface area contributed by atoms with E-state index in [0.717, 1.165) is 0 Å². The molecule has 0 heterocycles. The summed E-state index contributed by atoms with van der Waals surface area (Å²) in [5.74, 6) is -1.23. The molecule has 4 heteroatoms. The normalized spacial score (nSPS) is 12.1. The molecule has 0 aliphatic carbocycles. The summed E-state index contributed by atoms with van der Waals surface area (Å²) in [6, 6.07) is 6.60. The molecule has 0 fully saturated rings. The highest BCUT2D eigenvalue weighted by Crippen LogP contribution is 2.19. The average molecular weight is 196 g/mol. The summed E-state index contributed by atoms with van der Waals surface area (Å²) in [6.45, 7) is -0.401. The SMILES string of the molecule is COc1ccc([C@H](CO)C(=O)O)cc1. The number of methoxy groups -OCH3 is 1.